The zero-order valence-electron chi connectivity index (χ0n) is 13.0. The van der Waals surface area contributed by atoms with E-state index in [1.54, 1.807) is 0 Å². The van der Waals surface area contributed by atoms with Crippen LogP contribution in [0.4, 0.5) is 5.69 Å². The Morgan fingerprint density at radius 1 is 1.05 bits per heavy atom. The first kappa shape index (κ1) is 14.4. The van der Waals surface area contributed by atoms with Crippen LogP contribution in [0.25, 0.3) is 0 Å². The maximum Gasteiger partial charge on any atom is 0.244 e. The highest BCUT2D eigenvalue weighted by Crippen LogP contribution is 2.25. The number of carbonyl (C=O) groups excluding carboxylic acids is 1. The lowest BCUT2D eigenvalue weighted by molar-refractivity contribution is -0.131. The second kappa shape index (κ2) is 6.50. The zero-order valence-corrected chi connectivity index (χ0v) is 13.0. The average Bonchev–Trinajstić information content (AvgIpc) is 2.78. The number of likely N-dealkylation sites (tertiary alicyclic amines) is 1. The third-order valence-electron chi connectivity index (χ3n) is 4.77. The fourth-order valence-electron chi connectivity index (χ4n) is 3.54. The van der Waals surface area contributed by atoms with Crippen LogP contribution in [-0.4, -0.2) is 29.9 Å². The number of nitrogens with one attached hydrogen (secondary N) is 1. The van der Waals surface area contributed by atoms with E-state index < -0.39 is 0 Å². The maximum absolute atomic E-state index is 12.6. The molecule has 3 heteroatoms. The molecule has 1 aliphatic heterocycles. The van der Waals surface area contributed by atoms with E-state index in [1.165, 1.54) is 43.2 Å². The highest BCUT2D eigenvalue weighted by molar-refractivity contribution is 5.84. The standard InChI is InChI=1S/C18H26N2O/c1-14(18(21)20-11-4-2-3-5-12-20)19-17-10-9-15-7-6-8-16(15)13-17/h9-10,13-14,19H,2-8,11-12H2,1H3. The molecule has 1 N–H and O–H groups in total. The molecule has 1 atom stereocenters. The van der Waals surface area contributed by atoms with Gasteiger partial charge in [0.15, 0.2) is 0 Å². The summed E-state index contributed by atoms with van der Waals surface area (Å²) in [6, 6.07) is 6.43. The van der Waals surface area contributed by atoms with Crippen LogP contribution in [0.2, 0.25) is 0 Å². The molecule has 1 unspecified atom stereocenters. The van der Waals surface area contributed by atoms with E-state index in [4.69, 9.17) is 0 Å². The van der Waals surface area contributed by atoms with E-state index in [9.17, 15) is 4.79 Å². The first-order chi connectivity index (χ1) is 10.2. The number of hydrogen-bond acceptors (Lipinski definition) is 2. The van der Waals surface area contributed by atoms with Crippen molar-refractivity contribution in [3.63, 3.8) is 0 Å². The van der Waals surface area contributed by atoms with Crippen LogP contribution in [0.15, 0.2) is 18.2 Å². The Balaban J connectivity index is 1.62. The lowest BCUT2D eigenvalue weighted by Crippen LogP contribution is -2.41. The first-order valence-corrected chi connectivity index (χ1v) is 8.41. The molecule has 0 bridgehead atoms. The summed E-state index contributed by atoms with van der Waals surface area (Å²) in [7, 11) is 0. The molecule has 2 aliphatic rings. The molecule has 3 rings (SSSR count). The number of aryl methyl sites for hydroxylation is 2. The van der Waals surface area contributed by atoms with Crippen molar-refractivity contribution in [2.75, 3.05) is 18.4 Å². The van der Waals surface area contributed by atoms with Crippen molar-refractivity contribution in [2.24, 2.45) is 0 Å². The van der Waals surface area contributed by atoms with Crippen LogP contribution in [0.5, 0.6) is 0 Å². The number of hydrogen-bond donors (Lipinski definition) is 1. The van der Waals surface area contributed by atoms with Crippen molar-refractivity contribution in [3.8, 4) is 0 Å². The van der Waals surface area contributed by atoms with Gasteiger partial charge in [0, 0.05) is 18.8 Å². The second-order valence-electron chi connectivity index (χ2n) is 6.44. The summed E-state index contributed by atoms with van der Waals surface area (Å²) in [4.78, 5) is 14.6. The van der Waals surface area contributed by atoms with Crippen LogP contribution in [-0.2, 0) is 17.6 Å². The van der Waals surface area contributed by atoms with Gasteiger partial charge < -0.3 is 10.2 Å². The van der Waals surface area contributed by atoms with Gasteiger partial charge >= 0.3 is 0 Å². The van der Waals surface area contributed by atoms with Crippen LogP contribution in [0, 0.1) is 0 Å². The highest BCUT2D eigenvalue weighted by Gasteiger charge is 2.21. The van der Waals surface area contributed by atoms with Gasteiger partial charge in [0.2, 0.25) is 5.91 Å². The normalized spacial score (nSPS) is 19.8. The van der Waals surface area contributed by atoms with E-state index in [-0.39, 0.29) is 11.9 Å². The summed E-state index contributed by atoms with van der Waals surface area (Å²) in [6.45, 7) is 3.84. The monoisotopic (exact) mass is 286 g/mol. The van der Waals surface area contributed by atoms with Gasteiger partial charge in [-0.3, -0.25) is 4.79 Å². The Labute approximate surface area is 127 Å². The third-order valence-corrected chi connectivity index (χ3v) is 4.77. The van der Waals surface area contributed by atoms with Gasteiger partial charge in [-0.2, -0.15) is 0 Å². The Bertz CT molecular complexity index is 504. The fourth-order valence-corrected chi connectivity index (χ4v) is 3.54. The molecule has 0 saturated carbocycles. The second-order valence-corrected chi connectivity index (χ2v) is 6.44. The summed E-state index contributed by atoms with van der Waals surface area (Å²) < 4.78 is 0. The Morgan fingerprint density at radius 3 is 2.52 bits per heavy atom. The largest absolute Gasteiger partial charge is 0.374 e. The Kier molecular flexibility index (Phi) is 4.47. The summed E-state index contributed by atoms with van der Waals surface area (Å²) in [6.07, 6.45) is 8.47. The predicted molar refractivity (Wildman–Crippen MR) is 86.6 cm³/mol. The molecule has 1 saturated heterocycles. The van der Waals surface area contributed by atoms with Gasteiger partial charge in [0.05, 0.1) is 0 Å². The minimum atomic E-state index is -0.137. The summed E-state index contributed by atoms with van der Waals surface area (Å²) in [5, 5.41) is 3.40. The number of carbonyl (C=O) groups is 1. The summed E-state index contributed by atoms with van der Waals surface area (Å²) >= 11 is 0. The molecule has 114 valence electrons. The number of rotatable bonds is 3. The number of fused-ring (bicyclic) bond motifs is 1. The molecule has 21 heavy (non-hydrogen) atoms. The van der Waals surface area contributed by atoms with Gasteiger partial charge in [-0.15, -0.1) is 0 Å². The van der Waals surface area contributed by atoms with E-state index >= 15 is 0 Å². The van der Waals surface area contributed by atoms with Gasteiger partial charge in [0.1, 0.15) is 6.04 Å². The SMILES string of the molecule is CC(Nc1ccc2c(c1)CCC2)C(=O)N1CCCCCC1. The van der Waals surface area contributed by atoms with Gasteiger partial charge in [-0.25, -0.2) is 0 Å². The van der Waals surface area contributed by atoms with Gasteiger partial charge in [-0.1, -0.05) is 18.9 Å². The molecule has 1 aliphatic carbocycles. The molecular weight excluding hydrogens is 260 g/mol. The summed E-state index contributed by atoms with van der Waals surface area (Å²) in [5.74, 6) is 0.248. The molecule has 1 fully saturated rings. The van der Waals surface area contributed by atoms with Crippen LogP contribution >= 0.6 is 0 Å². The molecule has 1 aromatic carbocycles. The van der Waals surface area contributed by atoms with E-state index in [2.05, 4.69) is 23.5 Å². The average molecular weight is 286 g/mol. The number of anilines is 1. The zero-order chi connectivity index (χ0) is 14.7. The molecule has 1 amide bonds. The Hall–Kier alpha value is -1.51. The minimum Gasteiger partial charge on any atom is -0.374 e. The molecule has 3 nitrogen and oxygen atoms in total. The third kappa shape index (κ3) is 3.39. The summed E-state index contributed by atoms with van der Waals surface area (Å²) in [5.41, 5.74) is 4.02. The minimum absolute atomic E-state index is 0.137. The first-order valence-electron chi connectivity index (χ1n) is 8.41. The molecule has 0 aromatic heterocycles. The number of amides is 1. The van der Waals surface area contributed by atoms with Gasteiger partial charge in [-0.05, 0) is 62.3 Å². The van der Waals surface area contributed by atoms with Crippen LogP contribution in [0.1, 0.15) is 50.2 Å². The predicted octanol–water partition coefficient (Wildman–Crippen LogP) is 3.38. The van der Waals surface area contributed by atoms with Crippen molar-refractivity contribution in [1.29, 1.82) is 0 Å². The van der Waals surface area contributed by atoms with Crippen LogP contribution in [0.3, 0.4) is 0 Å². The van der Waals surface area contributed by atoms with Crippen LogP contribution < -0.4 is 5.32 Å². The van der Waals surface area contributed by atoms with Crippen molar-refractivity contribution in [2.45, 2.75) is 57.9 Å². The molecule has 0 spiro atoms. The molecule has 1 heterocycles. The number of benzene rings is 1. The fraction of sp³-hybridized carbons (Fsp3) is 0.611. The highest BCUT2D eigenvalue weighted by atomic mass is 16.2. The maximum atomic E-state index is 12.6. The lowest BCUT2D eigenvalue weighted by Gasteiger charge is -2.25. The quantitative estimate of drug-likeness (QED) is 0.924. The smallest absolute Gasteiger partial charge is 0.244 e. The van der Waals surface area contributed by atoms with Crippen molar-refractivity contribution >= 4 is 11.6 Å². The molecule has 0 radical (unpaired) electrons. The topological polar surface area (TPSA) is 32.3 Å². The van der Waals surface area contributed by atoms with Crippen molar-refractivity contribution in [1.82, 2.24) is 4.90 Å². The van der Waals surface area contributed by atoms with Gasteiger partial charge in [0.25, 0.3) is 0 Å². The Morgan fingerprint density at radius 2 is 1.76 bits per heavy atom. The molecular formula is C18H26N2O. The lowest BCUT2D eigenvalue weighted by atomic mass is 10.1. The van der Waals surface area contributed by atoms with E-state index in [1.807, 2.05) is 11.8 Å². The number of nitrogens with zero attached hydrogens (tertiary/aromatic N) is 1. The van der Waals surface area contributed by atoms with E-state index in [0.717, 1.165) is 31.6 Å². The molecule has 1 aromatic rings. The van der Waals surface area contributed by atoms with Crippen molar-refractivity contribution in [3.05, 3.63) is 29.3 Å². The van der Waals surface area contributed by atoms with Crippen molar-refractivity contribution < 1.29 is 4.79 Å². The van der Waals surface area contributed by atoms with E-state index in [0.29, 0.717) is 0 Å².